The number of nitro benzene ring substituents is 1. The zero-order valence-corrected chi connectivity index (χ0v) is 11.0. The largest absolute Gasteiger partial charge is 0.479 e. The summed E-state index contributed by atoms with van der Waals surface area (Å²) in [5.74, 6) is -0.000180. The predicted octanol–water partition coefficient (Wildman–Crippen LogP) is 2.71. The van der Waals surface area contributed by atoms with Crippen molar-refractivity contribution in [2.75, 3.05) is 6.61 Å². The molecular formula is C13H17NO5. The first-order valence-electron chi connectivity index (χ1n) is 6.16. The van der Waals surface area contributed by atoms with E-state index in [1.165, 1.54) is 24.3 Å². The van der Waals surface area contributed by atoms with Gasteiger partial charge in [0, 0.05) is 12.1 Å². The van der Waals surface area contributed by atoms with Crippen LogP contribution in [0.5, 0.6) is 5.75 Å². The number of nitrogens with zero attached hydrogens (tertiary/aromatic N) is 1. The Hall–Kier alpha value is -2.11. The fraction of sp³-hybridized carbons (Fsp3) is 0.462. The summed E-state index contributed by atoms with van der Waals surface area (Å²) >= 11 is 0. The molecule has 1 aromatic rings. The SMILES string of the molecule is CCCC(Oc1ccc([N+](=O)[O-])cc1)C(=O)OCC. The van der Waals surface area contributed by atoms with Crippen LogP contribution in [0.25, 0.3) is 0 Å². The van der Waals surface area contributed by atoms with Gasteiger partial charge in [-0.25, -0.2) is 4.79 Å². The lowest BCUT2D eigenvalue weighted by Gasteiger charge is -2.16. The van der Waals surface area contributed by atoms with Crippen molar-refractivity contribution in [1.82, 2.24) is 0 Å². The number of ether oxygens (including phenoxy) is 2. The smallest absolute Gasteiger partial charge is 0.347 e. The molecule has 0 saturated carbocycles. The van der Waals surface area contributed by atoms with E-state index in [1.807, 2.05) is 6.92 Å². The van der Waals surface area contributed by atoms with Gasteiger partial charge in [-0.3, -0.25) is 10.1 Å². The molecule has 19 heavy (non-hydrogen) atoms. The average Bonchev–Trinajstić information content (AvgIpc) is 2.39. The molecule has 6 nitrogen and oxygen atoms in total. The number of hydrogen-bond donors (Lipinski definition) is 0. The highest BCUT2D eigenvalue weighted by Crippen LogP contribution is 2.19. The van der Waals surface area contributed by atoms with Gasteiger partial charge in [-0.05, 0) is 25.5 Å². The van der Waals surface area contributed by atoms with Crippen molar-refractivity contribution in [3.05, 3.63) is 34.4 Å². The number of carbonyl (C=O) groups is 1. The Labute approximate surface area is 111 Å². The Balaban J connectivity index is 2.73. The summed E-state index contributed by atoms with van der Waals surface area (Å²) in [6.45, 7) is 3.96. The summed E-state index contributed by atoms with van der Waals surface area (Å²) in [5.41, 5.74) is -0.0180. The number of esters is 1. The summed E-state index contributed by atoms with van der Waals surface area (Å²) in [6, 6.07) is 5.62. The highest BCUT2D eigenvalue weighted by Gasteiger charge is 2.21. The van der Waals surface area contributed by atoms with Crippen molar-refractivity contribution in [3.8, 4) is 5.75 Å². The molecule has 6 heteroatoms. The second-order valence-corrected chi connectivity index (χ2v) is 3.90. The minimum atomic E-state index is -0.675. The topological polar surface area (TPSA) is 78.7 Å². The molecule has 1 rings (SSSR count). The van der Waals surface area contributed by atoms with Crippen LogP contribution in [0.1, 0.15) is 26.7 Å². The van der Waals surface area contributed by atoms with E-state index in [-0.39, 0.29) is 5.69 Å². The minimum Gasteiger partial charge on any atom is -0.479 e. The molecule has 0 amide bonds. The van der Waals surface area contributed by atoms with Crippen LogP contribution >= 0.6 is 0 Å². The Kier molecular flexibility index (Phi) is 5.78. The number of rotatable bonds is 7. The van der Waals surface area contributed by atoms with Gasteiger partial charge in [-0.1, -0.05) is 13.3 Å². The molecule has 0 aliphatic rings. The maximum absolute atomic E-state index is 11.7. The average molecular weight is 267 g/mol. The quantitative estimate of drug-likeness (QED) is 0.431. The van der Waals surface area contributed by atoms with Crippen molar-refractivity contribution >= 4 is 11.7 Å². The third-order valence-electron chi connectivity index (χ3n) is 2.43. The Bertz CT molecular complexity index is 429. The van der Waals surface area contributed by atoms with Gasteiger partial charge < -0.3 is 9.47 Å². The van der Waals surface area contributed by atoms with E-state index < -0.39 is 17.0 Å². The summed E-state index contributed by atoms with van der Waals surface area (Å²) in [7, 11) is 0. The summed E-state index contributed by atoms with van der Waals surface area (Å²) < 4.78 is 10.4. The van der Waals surface area contributed by atoms with Crippen LogP contribution in [0.15, 0.2) is 24.3 Å². The third kappa shape index (κ3) is 4.57. The summed E-state index contributed by atoms with van der Waals surface area (Å²) in [5, 5.41) is 10.5. The number of carbonyl (C=O) groups excluding carboxylic acids is 1. The zero-order chi connectivity index (χ0) is 14.3. The van der Waals surface area contributed by atoms with Crippen LogP contribution in [0.2, 0.25) is 0 Å². The van der Waals surface area contributed by atoms with Gasteiger partial charge >= 0.3 is 5.97 Å². The number of non-ortho nitro benzene ring substituents is 1. The normalized spacial score (nSPS) is 11.7. The van der Waals surface area contributed by atoms with Gasteiger partial charge in [0.1, 0.15) is 5.75 Å². The van der Waals surface area contributed by atoms with E-state index in [4.69, 9.17) is 9.47 Å². The maximum atomic E-state index is 11.7. The molecule has 104 valence electrons. The monoisotopic (exact) mass is 267 g/mol. The summed E-state index contributed by atoms with van der Waals surface area (Å²) in [6.07, 6.45) is 0.637. The molecule has 0 bridgehead atoms. The van der Waals surface area contributed by atoms with E-state index in [2.05, 4.69) is 0 Å². The molecular weight excluding hydrogens is 250 g/mol. The van der Waals surface area contributed by atoms with Gasteiger partial charge in [-0.15, -0.1) is 0 Å². The van der Waals surface area contributed by atoms with Crippen LogP contribution in [0.3, 0.4) is 0 Å². The Morgan fingerprint density at radius 2 is 1.95 bits per heavy atom. The first-order valence-corrected chi connectivity index (χ1v) is 6.16. The van der Waals surface area contributed by atoms with E-state index in [0.29, 0.717) is 18.8 Å². The third-order valence-corrected chi connectivity index (χ3v) is 2.43. The van der Waals surface area contributed by atoms with Crippen molar-refractivity contribution < 1.29 is 19.2 Å². The lowest BCUT2D eigenvalue weighted by Crippen LogP contribution is -2.29. The number of nitro groups is 1. The van der Waals surface area contributed by atoms with Crippen LogP contribution < -0.4 is 4.74 Å². The van der Waals surface area contributed by atoms with E-state index in [0.717, 1.165) is 6.42 Å². The van der Waals surface area contributed by atoms with Crippen molar-refractivity contribution in [2.45, 2.75) is 32.8 Å². The molecule has 1 aromatic carbocycles. The van der Waals surface area contributed by atoms with Crippen LogP contribution in [0, 0.1) is 10.1 Å². The molecule has 0 heterocycles. The molecule has 0 aromatic heterocycles. The predicted molar refractivity (Wildman–Crippen MR) is 69.1 cm³/mol. The van der Waals surface area contributed by atoms with E-state index >= 15 is 0 Å². The Morgan fingerprint density at radius 3 is 2.42 bits per heavy atom. The standard InChI is InChI=1S/C13H17NO5/c1-3-5-12(13(15)18-4-2)19-11-8-6-10(7-9-11)14(16)17/h6-9,12H,3-5H2,1-2H3. The first kappa shape index (κ1) is 14.9. The second kappa shape index (κ2) is 7.35. The molecule has 0 N–H and O–H groups in total. The lowest BCUT2D eigenvalue weighted by molar-refractivity contribution is -0.384. The molecule has 0 aliphatic carbocycles. The van der Waals surface area contributed by atoms with Crippen molar-refractivity contribution in [1.29, 1.82) is 0 Å². The molecule has 0 saturated heterocycles. The van der Waals surface area contributed by atoms with Gasteiger partial charge in [-0.2, -0.15) is 0 Å². The van der Waals surface area contributed by atoms with Crippen molar-refractivity contribution in [2.24, 2.45) is 0 Å². The van der Waals surface area contributed by atoms with Gasteiger partial charge in [0.25, 0.3) is 5.69 Å². The highest BCUT2D eigenvalue weighted by atomic mass is 16.6. The maximum Gasteiger partial charge on any atom is 0.347 e. The molecule has 0 aliphatic heterocycles. The highest BCUT2D eigenvalue weighted by molar-refractivity contribution is 5.75. The molecule has 1 unspecified atom stereocenters. The molecule has 0 radical (unpaired) electrons. The fourth-order valence-corrected chi connectivity index (χ4v) is 1.53. The summed E-state index contributed by atoms with van der Waals surface area (Å²) in [4.78, 5) is 21.7. The van der Waals surface area contributed by atoms with E-state index in [1.54, 1.807) is 6.92 Å². The van der Waals surface area contributed by atoms with Crippen LogP contribution in [-0.4, -0.2) is 23.6 Å². The van der Waals surface area contributed by atoms with Gasteiger partial charge in [0.15, 0.2) is 6.10 Å². The molecule has 1 atom stereocenters. The van der Waals surface area contributed by atoms with Crippen LogP contribution in [-0.2, 0) is 9.53 Å². The van der Waals surface area contributed by atoms with Gasteiger partial charge in [0.2, 0.25) is 0 Å². The lowest BCUT2D eigenvalue weighted by atomic mass is 10.2. The Morgan fingerprint density at radius 1 is 1.32 bits per heavy atom. The van der Waals surface area contributed by atoms with E-state index in [9.17, 15) is 14.9 Å². The first-order chi connectivity index (χ1) is 9.08. The van der Waals surface area contributed by atoms with Crippen LogP contribution in [0.4, 0.5) is 5.69 Å². The molecule has 0 fully saturated rings. The molecule has 0 spiro atoms. The zero-order valence-electron chi connectivity index (χ0n) is 11.0. The van der Waals surface area contributed by atoms with Gasteiger partial charge in [0.05, 0.1) is 11.5 Å². The fourth-order valence-electron chi connectivity index (χ4n) is 1.53. The number of hydrogen-bond acceptors (Lipinski definition) is 5. The second-order valence-electron chi connectivity index (χ2n) is 3.90. The van der Waals surface area contributed by atoms with Crippen molar-refractivity contribution in [3.63, 3.8) is 0 Å². The minimum absolute atomic E-state index is 0.0180. The number of benzene rings is 1.